The maximum atomic E-state index is 13.9. The molecule has 0 unspecified atom stereocenters. The van der Waals surface area contributed by atoms with Gasteiger partial charge in [-0.2, -0.15) is 23.4 Å². The quantitative estimate of drug-likeness (QED) is 0.697. The number of carbonyl (C=O) groups is 1. The van der Waals surface area contributed by atoms with Gasteiger partial charge < -0.3 is 20.1 Å². The van der Waals surface area contributed by atoms with E-state index in [1.807, 2.05) is 6.07 Å². The van der Waals surface area contributed by atoms with Gasteiger partial charge in [-0.3, -0.25) is 4.98 Å². The number of ether oxygens (including phenoxy) is 1. The molecule has 3 rings (SSSR count). The van der Waals surface area contributed by atoms with Crippen molar-refractivity contribution < 1.29 is 32.2 Å². The number of aliphatic carboxylic acids is 1. The normalized spacial score (nSPS) is 16.0. The van der Waals surface area contributed by atoms with Gasteiger partial charge >= 0.3 is 12.1 Å². The first-order valence-corrected chi connectivity index (χ1v) is 9.02. The molecule has 8 nitrogen and oxygen atoms in total. The van der Waals surface area contributed by atoms with E-state index < -0.39 is 18.0 Å². The molecule has 1 atom stereocenters. The fourth-order valence-electron chi connectivity index (χ4n) is 2.59. The van der Waals surface area contributed by atoms with Crippen molar-refractivity contribution >= 4 is 11.8 Å². The zero-order valence-corrected chi connectivity index (χ0v) is 16.4. The van der Waals surface area contributed by atoms with Gasteiger partial charge in [0, 0.05) is 31.2 Å². The molecule has 0 amide bonds. The summed E-state index contributed by atoms with van der Waals surface area (Å²) < 4.78 is 51.2. The predicted octanol–water partition coefficient (Wildman–Crippen LogP) is 2.50. The van der Waals surface area contributed by atoms with E-state index in [2.05, 4.69) is 27.1 Å². The first-order valence-electron chi connectivity index (χ1n) is 9.02. The van der Waals surface area contributed by atoms with Gasteiger partial charge in [-0.1, -0.05) is 6.07 Å². The summed E-state index contributed by atoms with van der Waals surface area (Å²) in [4.78, 5) is 19.6. The number of halogens is 4. The summed E-state index contributed by atoms with van der Waals surface area (Å²) in [6.45, 7) is 4.75. The maximum absolute atomic E-state index is 13.9. The highest BCUT2D eigenvalue weighted by Crippen LogP contribution is 2.18. The van der Waals surface area contributed by atoms with Crippen LogP contribution in [0.3, 0.4) is 0 Å². The molecule has 2 N–H and O–H groups in total. The summed E-state index contributed by atoms with van der Waals surface area (Å²) >= 11 is 0. The molecule has 1 fully saturated rings. The standard InChI is InChI=1S/C17H18FN5O.C2HF3O2/c1-12-10-23(5-4-21-12)16-8-20-9-17(22-16)24-11-14-3-2-13(7-19)6-15(14)18;3-2(4,5)1(6)7/h2-3,6,8-9,12,21H,4-5,10-11H2,1H3;(H,6,7)/t12-;/m0./s1. The van der Waals surface area contributed by atoms with E-state index >= 15 is 0 Å². The molecule has 166 valence electrons. The summed E-state index contributed by atoms with van der Waals surface area (Å²) in [5.74, 6) is -2.12. The van der Waals surface area contributed by atoms with Gasteiger partial charge in [-0.25, -0.2) is 9.18 Å². The molecule has 1 saturated heterocycles. The number of aromatic nitrogens is 2. The Bertz CT molecular complexity index is 949. The number of nitriles is 1. The van der Waals surface area contributed by atoms with Crippen LogP contribution >= 0.6 is 0 Å². The van der Waals surface area contributed by atoms with E-state index in [4.69, 9.17) is 19.9 Å². The van der Waals surface area contributed by atoms with Crippen molar-refractivity contribution in [2.24, 2.45) is 0 Å². The maximum Gasteiger partial charge on any atom is 0.490 e. The molecule has 0 aliphatic carbocycles. The van der Waals surface area contributed by atoms with Crippen LogP contribution in [0, 0.1) is 17.1 Å². The fourth-order valence-corrected chi connectivity index (χ4v) is 2.59. The molecule has 1 aliphatic rings. The van der Waals surface area contributed by atoms with E-state index in [1.165, 1.54) is 12.3 Å². The van der Waals surface area contributed by atoms with E-state index in [9.17, 15) is 17.6 Å². The van der Waals surface area contributed by atoms with Crippen LogP contribution in [0.2, 0.25) is 0 Å². The lowest BCUT2D eigenvalue weighted by atomic mass is 10.1. The second kappa shape index (κ2) is 10.5. The van der Waals surface area contributed by atoms with Crippen LogP contribution < -0.4 is 15.0 Å². The predicted molar refractivity (Wildman–Crippen MR) is 101 cm³/mol. The molecule has 0 spiro atoms. The lowest BCUT2D eigenvalue weighted by Gasteiger charge is -2.32. The molecule has 1 aliphatic heterocycles. The highest BCUT2D eigenvalue weighted by atomic mass is 19.4. The smallest absolute Gasteiger partial charge is 0.475 e. The number of carboxylic acids is 1. The molecule has 1 aromatic heterocycles. The van der Waals surface area contributed by atoms with Gasteiger partial charge in [0.05, 0.1) is 24.0 Å². The number of nitrogens with zero attached hydrogens (tertiary/aromatic N) is 4. The Morgan fingerprint density at radius 3 is 2.71 bits per heavy atom. The monoisotopic (exact) mass is 441 g/mol. The van der Waals surface area contributed by atoms with Crippen molar-refractivity contribution in [3.05, 3.63) is 47.5 Å². The van der Waals surface area contributed by atoms with Crippen molar-refractivity contribution in [3.63, 3.8) is 0 Å². The summed E-state index contributed by atoms with van der Waals surface area (Å²) in [6, 6.07) is 6.59. The molecule has 2 aromatic rings. The highest BCUT2D eigenvalue weighted by Gasteiger charge is 2.38. The van der Waals surface area contributed by atoms with Crippen molar-refractivity contribution in [3.8, 4) is 11.9 Å². The number of hydrogen-bond acceptors (Lipinski definition) is 7. The van der Waals surface area contributed by atoms with Crippen molar-refractivity contribution in [1.29, 1.82) is 5.26 Å². The minimum absolute atomic E-state index is 0.0354. The lowest BCUT2D eigenvalue weighted by molar-refractivity contribution is -0.192. The molecule has 31 heavy (non-hydrogen) atoms. The van der Waals surface area contributed by atoms with E-state index in [-0.39, 0.29) is 12.2 Å². The van der Waals surface area contributed by atoms with Crippen LogP contribution in [0.25, 0.3) is 0 Å². The topological polar surface area (TPSA) is 111 Å². The average molecular weight is 441 g/mol. The SMILES string of the molecule is C[C@H]1CN(c2cncc(OCc3ccc(C#N)cc3F)n2)CCN1.O=C(O)C(F)(F)F. The number of benzene rings is 1. The number of alkyl halides is 3. The van der Waals surface area contributed by atoms with Gasteiger partial charge in [0.15, 0.2) is 5.82 Å². The molecule has 0 radical (unpaired) electrons. The molecule has 0 saturated carbocycles. The number of carboxylic acid groups (broad SMARTS) is 1. The largest absolute Gasteiger partial charge is 0.490 e. The van der Waals surface area contributed by atoms with Crippen molar-refractivity contribution in [1.82, 2.24) is 15.3 Å². The van der Waals surface area contributed by atoms with Crippen molar-refractivity contribution in [2.75, 3.05) is 24.5 Å². The minimum atomic E-state index is -5.08. The molecular formula is C19H19F4N5O3. The van der Waals surface area contributed by atoms with Crippen LogP contribution in [-0.4, -0.2) is 52.9 Å². The van der Waals surface area contributed by atoms with Crippen LogP contribution in [0.15, 0.2) is 30.6 Å². The van der Waals surface area contributed by atoms with E-state index in [0.29, 0.717) is 17.5 Å². The van der Waals surface area contributed by atoms with E-state index in [1.54, 1.807) is 18.3 Å². The highest BCUT2D eigenvalue weighted by molar-refractivity contribution is 5.73. The number of piperazine rings is 1. The number of anilines is 1. The summed E-state index contributed by atoms with van der Waals surface area (Å²) in [6.07, 6.45) is -1.87. The van der Waals surface area contributed by atoms with Crippen LogP contribution in [0.5, 0.6) is 5.88 Å². The first-order chi connectivity index (χ1) is 14.6. The Morgan fingerprint density at radius 1 is 1.42 bits per heavy atom. The number of rotatable bonds is 4. The average Bonchev–Trinajstić information content (AvgIpc) is 2.73. The summed E-state index contributed by atoms with van der Waals surface area (Å²) in [7, 11) is 0. The molecule has 0 bridgehead atoms. The number of hydrogen-bond donors (Lipinski definition) is 2. The molecule has 12 heteroatoms. The Labute approximate surface area is 175 Å². The van der Waals surface area contributed by atoms with Gasteiger partial charge in [0.25, 0.3) is 0 Å². The Hall–Kier alpha value is -3.46. The second-order valence-electron chi connectivity index (χ2n) is 6.53. The second-order valence-corrected chi connectivity index (χ2v) is 6.53. The third-order valence-corrected chi connectivity index (χ3v) is 4.09. The zero-order chi connectivity index (χ0) is 23.0. The minimum Gasteiger partial charge on any atom is -0.475 e. The molecule has 1 aromatic carbocycles. The first kappa shape index (κ1) is 23.8. The Kier molecular flexibility index (Phi) is 8.09. The van der Waals surface area contributed by atoms with Gasteiger partial charge in [0.2, 0.25) is 5.88 Å². The van der Waals surface area contributed by atoms with Crippen LogP contribution in [0.1, 0.15) is 18.1 Å². The van der Waals surface area contributed by atoms with E-state index in [0.717, 1.165) is 25.5 Å². The van der Waals surface area contributed by atoms with Crippen LogP contribution in [0.4, 0.5) is 23.4 Å². The van der Waals surface area contributed by atoms with Gasteiger partial charge in [-0.05, 0) is 19.1 Å². The zero-order valence-electron chi connectivity index (χ0n) is 16.4. The third-order valence-electron chi connectivity index (χ3n) is 4.09. The number of nitrogens with one attached hydrogen (secondary N) is 1. The van der Waals surface area contributed by atoms with Crippen molar-refractivity contribution in [2.45, 2.75) is 25.7 Å². The fraction of sp³-hybridized carbons (Fsp3) is 0.368. The van der Waals surface area contributed by atoms with Gasteiger partial charge in [-0.15, -0.1) is 0 Å². The Balaban J connectivity index is 0.000000423. The molecule has 2 heterocycles. The lowest BCUT2D eigenvalue weighted by Crippen LogP contribution is -2.49. The summed E-state index contributed by atoms with van der Waals surface area (Å²) in [5.41, 5.74) is 0.655. The van der Waals surface area contributed by atoms with Gasteiger partial charge in [0.1, 0.15) is 12.4 Å². The molecular weight excluding hydrogens is 422 g/mol. The third kappa shape index (κ3) is 7.38. The summed E-state index contributed by atoms with van der Waals surface area (Å²) in [5, 5.41) is 19.3. The Morgan fingerprint density at radius 2 is 2.13 bits per heavy atom. The van der Waals surface area contributed by atoms with Crippen LogP contribution in [-0.2, 0) is 11.4 Å².